The molecule has 0 saturated carbocycles. The summed E-state index contributed by atoms with van der Waals surface area (Å²) >= 11 is 0. The molecular weight excluding hydrogens is 290 g/mol. The van der Waals surface area contributed by atoms with E-state index in [0.29, 0.717) is 12.0 Å². The molecule has 134 valence electrons. The number of piperidine rings is 2. The van der Waals surface area contributed by atoms with Crippen molar-refractivity contribution in [1.29, 1.82) is 0 Å². The van der Waals surface area contributed by atoms with Gasteiger partial charge in [-0.2, -0.15) is 0 Å². The lowest BCUT2D eigenvalue weighted by molar-refractivity contribution is -0.136. The molecule has 0 bridgehead atoms. The Morgan fingerprint density at radius 3 is 2.61 bits per heavy atom. The van der Waals surface area contributed by atoms with Crippen LogP contribution in [0.4, 0.5) is 0 Å². The molecule has 2 fully saturated rings. The van der Waals surface area contributed by atoms with Gasteiger partial charge in [-0.25, -0.2) is 0 Å². The van der Waals surface area contributed by atoms with Crippen LogP contribution in [0, 0.1) is 5.92 Å². The smallest absolute Gasteiger partial charge is 0.239 e. The summed E-state index contributed by atoms with van der Waals surface area (Å²) < 4.78 is 0. The van der Waals surface area contributed by atoms with Crippen molar-refractivity contribution in [3.63, 3.8) is 0 Å². The molecule has 0 aromatic carbocycles. The second-order valence-electron chi connectivity index (χ2n) is 7.23. The number of rotatable bonds is 7. The van der Waals surface area contributed by atoms with Crippen LogP contribution in [0.2, 0.25) is 0 Å². The van der Waals surface area contributed by atoms with Gasteiger partial charge < -0.3 is 20.2 Å². The number of β-amino-alcohol motifs (C(OH)–C–C–N with tert-alkyl or cyclic N) is 1. The molecule has 0 aliphatic carbocycles. The van der Waals surface area contributed by atoms with Crippen LogP contribution in [-0.4, -0.2) is 72.2 Å². The van der Waals surface area contributed by atoms with Crippen molar-refractivity contribution in [1.82, 2.24) is 15.1 Å². The molecular formula is C18H35N3O2. The molecule has 2 N–H and O–H groups in total. The maximum absolute atomic E-state index is 12.7. The molecule has 2 rings (SSSR count). The first-order valence-electron chi connectivity index (χ1n) is 9.52. The van der Waals surface area contributed by atoms with Crippen LogP contribution < -0.4 is 5.32 Å². The molecule has 2 atom stereocenters. The topological polar surface area (TPSA) is 55.8 Å². The minimum atomic E-state index is -0.0716. The van der Waals surface area contributed by atoms with Gasteiger partial charge in [0.05, 0.1) is 12.6 Å². The summed E-state index contributed by atoms with van der Waals surface area (Å²) in [5.74, 6) is 0.942. The number of hydrogen-bond donors (Lipinski definition) is 2. The van der Waals surface area contributed by atoms with Crippen LogP contribution in [0.1, 0.15) is 52.4 Å². The Labute approximate surface area is 141 Å². The lowest BCUT2D eigenvalue weighted by atomic mass is 9.96. The Hall–Kier alpha value is -0.650. The highest BCUT2D eigenvalue weighted by Crippen LogP contribution is 2.21. The molecule has 1 amide bonds. The lowest BCUT2D eigenvalue weighted by Crippen LogP contribution is -2.52. The number of carbonyl (C=O) groups is 1. The van der Waals surface area contributed by atoms with Crippen molar-refractivity contribution in [2.75, 3.05) is 39.3 Å². The third kappa shape index (κ3) is 5.44. The number of aliphatic hydroxyl groups excluding tert-OH is 1. The lowest BCUT2D eigenvalue weighted by Gasteiger charge is -2.37. The van der Waals surface area contributed by atoms with E-state index in [9.17, 15) is 4.79 Å². The molecule has 2 aliphatic heterocycles. The third-order valence-corrected chi connectivity index (χ3v) is 5.59. The molecule has 5 heteroatoms. The monoisotopic (exact) mass is 325 g/mol. The van der Waals surface area contributed by atoms with E-state index in [1.54, 1.807) is 0 Å². The Kier molecular flexibility index (Phi) is 7.80. The summed E-state index contributed by atoms with van der Waals surface area (Å²) in [7, 11) is 0. The van der Waals surface area contributed by atoms with Gasteiger partial charge in [0, 0.05) is 19.1 Å². The third-order valence-electron chi connectivity index (χ3n) is 5.59. The number of carbonyl (C=O) groups excluding carboxylic acids is 1. The van der Waals surface area contributed by atoms with Crippen molar-refractivity contribution in [3.05, 3.63) is 0 Å². The highest BCUT2D eigenvalue weighted by molar-refractivity contribution is 5.81. The fourth-order valence-corrected chi connectivity index (χ4v) is 3.95. The minimum Gasteiger partial charge on any atom is -0.395 e. The summed E-state index contributed by atoms with van der Waals surface area (Å²) in [6.45, 7) is 9.26. The zero-order chi connectivity index (χ0) is 16.7. The van der Waals surface area contributed by atoms with Crippen LogP contribution in [0.15, 0.2) is 0 Å². The highest BCUT2D eigenvalue weighted by Gasteiger charge is 2.29. The van der Waals surface area contributed by atoms with Gasteiger partial charge in [0.2, 0.25) is 5.91 Å². The molecule has 2 aliphatic rings. The first-order valence-corrected chi connectivity index (χ1v) is 9.52. The Bertz CT molecular complexity index is 356. The molecule has 0 unspecified atom stereocenters. The standard InChI is InChI=1S/C18H35N3O2/c1-3-17-6-4-5-9-21(17)18(23)15(2)19-14-16-7-10-20(11-8-16)12-13-22/h15-17,19,22H,3-14H2,1-2H3/t15-,17-/m0/s1. The van der Waals surface area contributed by atoms with Crippen molar-refractivity contribution in [2.45, 2.75) is 64.5 Å². The average Bonchev–Trinajstić information content (AvgIpc) is 2.60. The maximum Gasteiger partial charge on any atom is 0.239 e. The molecule has 0 spiro atoms. The number of hydrogen-bond acceptors (Lipinski definition) is 4. The van der Waals surface area contributed by atoms with Crippen LogP contribution in [0.25, 0.3) is 0 Å². The van der Waals surface area contributed by atoms with Gasteiger partial charge in [0.15, 0.2) is 0 Å². The van der Waals surface area contributed by atoms with Gasteiger partial charge in [0.25, 0.3) is 0 Å². The second kappa shape index (κ2) is 9.60. The van der Waals surface area contributed by atoms with Crippen LogP contribution in [0.5, 0.6) is 0 Å². The summed E-state index contributed by atoms with van der Waals surface area (Å²) in [4.78, 5) is 17.1. The van der Waals surface area contributed by atoms with Crippen molar-refractivity contribution < 1.29 is 9.90 Å². The van der Waals surface area contributed by atoms with Crippen LogP contribution >= 0.6 is 0 Å². The van der Waals surface area contributed by atoms with Gasteiger partial charge >= 0.3 is 0 Å². The van der Waals surface area contributed by atoms with E-state index in [1.807, 2.05) is 6.92 Å². The Balaban J connectivity index is 1.72. The number of nitrogens with zero attached hydrogens (tertiary/aromatic N) is 2. The van der Waals surface area contributed by atoms with Gasteiger partial charge in [-0.15, -0.1) is 0 Å². The predicted octanol–water partition coefficient (Wildman–Crippen LogP) is 1.46. The first-order chi connectivity index (χ1) is 11.2. The van der Waals surface area contributed by atoms with Gasteiger partial charge in [0.1, 0.15) is 0 Å². The molecule has 2 heterocycles. The number of amides is 1. The van der Waals surface area contributed by atoms with E-state index >= 15 is 0 Å². The van der Waals surface area contributed by atoms with Gasteiger partial charge in [-0.3, -0.25) is 4.79 Å². The van der Waals surface area contributed by atoms with Crippen molar-refractivity contribution in [2.24, 2.45) is 5.92 Å². The van der Waals surface area contributed by atoms with Crippen LogP contribution in [-0.2, 0) is 4.79 Å². The average molecular weight is 325 g/mol. The maximum atomic E-state index is 12.7. The zero-order valence-electron chi connectivity index (χ0n) is 15.0. The molecule has 2 saturated heterocycles. The van der Waals surface area contributed by atoms with Gasteiger partial charge in [-0.1, -0.05) is 6.92 Å². The van der Waals surface area contributed by atoms with E-state index in [4.69, 9.17) is 5.11 Å². The number of aliphatic hydroxyl groups is 1. The quantitative estimate of drug-likeness (QED) is 0.744. The predicted molar refractivity (Wildman–Crippen MR) is 93.4 cm³/mol. The Morgan fingerprint density at radius 2 is 1.96 bits per heavy atom. The largest absolute Gasteiger partial charge is 0.395 e. The summed E-state index contributed by atoms with van der Waals surface area (Å²) in [5, 5.41) is 12.5. The fraction of sp³-hybridized carbons (Fsp3) is 0.944. The van der Waals surface area contributed by atoms with E-state index < -0.39 is 0 Å². The zero-order valence-corrected chi connectivity index (χ0v) is 15.0. The van der Waals surface area contributed by atoms with E-state index in [1.165, 1.54) is 6.42 Å². The summed E-state index contributed by atoms with van der Waals surface area (Å²) in [5.41, 5.74) is 0. The summed E-state index contributed by atoms with van der Waals surface area (Å²) in [6.07, 6.45) is 6.97. The van der Waals surface area contributed by atoms with E-state index in [0.717, 1.165) is 64.8 Å². The SMILES string of the molecule is CC[C@H]1CCCCN1C(=O)[C@H](C)NCC1CCN(CCO)CC1. The van der Waals surface area contributed by atoms with Gasteiger partial charge in [-0.05, 0) is 71.0 Å². The van der Waals surface area contributed by atoms with E-state index in [-0.39, 0.29) is 18.6 Å². The van der Waals surface area contributed by atoms with Crippen LogP contribution in [0.3, 0.4) is 0 Å². The fourth-order valence-electron chi connectivity index (χ4n) is 3.95. The highest BCUT2D eigenvalue weighted by atomic mass is 16.3. The Morgan fingerprint density at radius 1 is 1.22 bits per heavy atom. The molecule has 0 radical (unpaired) electrons. The molecule has 5 nitrogen and oxygen atoms in total. The van der Waals surface area contributed by atoms with E-state index in [2.05, 4.69) is 22.0 Å². The molecule has 23 heavy (non-hydrogen) atoms. The second-order valence-corrected chi connectivity index (χ2v) is 7.23. The normalized spacial score (nSPS) is 25.5. The summed E-state index contributed by atoms with van der Waals surface area (Å²) in [6, 6.07) is 0.375. The first kappa shape index (κ1) is 18.7. The minimum absolute atomic E-state index is 0.0716. The van der Waals surface area contributed by atoms with Crippen molar-refractivity contribution >= 4 is 5.91 Å². The number of nitrogens with one attached hydrogen (secondary N) is 1. The molecule has 0 aromatic rings. The molecule has 0 aromatic heterocycles. The van der Waals surface area contributed by atoms with Crippen molar-refractivity contribution in [3.8, 4) is 0 Å². The number of likely N-dealkylation sites (tertiary alicyclic amines) is 2.